The summed E-state index contributed by atoms with van der Waals surface area (Å²) >= 11 is 0. The highest BCUT2D eigenvalue weighted by Crippen LogP contribution is 1.94. The van der Waals surface area contributed by atoms with Crippen LogP contribution < -0.4 is 0 Å². The zero-order valence-electron chi connectivity index (χ0n) is 6.66. The SMILES string of the molecule is CC#CCC(O)CS(C)(=O)=O. The number of rotatable bonds is 3. The Morgan fingerprint density at radius 3 is 2.45 bits per heavy atom. The first-order chi connectivity index (χ1) is 4.95. The van der Waals surface area contributed by atoms with Crippen LogP contribution in [0.1, 0.15) is 13.3 Å². The van der Waals surface area contributed by atoms with Gasteiger partial charge < -0.3 is 5.11 Å². The van der Waals surface area contributed by atoms with Gasteiger partial charge in [-0.2, -0.15) is 0 Å². The molecule has 1 unspecified atom stereocenters. The highest BCUT2D eigenvalue weighted by molar-refractivity contribution is 7.90. The zero-order chi connectivity index (χ0) is 8.91. The molecule has 0 bridgehead atoms. The van der Waals surface area contributed by atoms with Crippen LogP contribution in [-0.2, 0) is 9.84 Å². The fourth-order valence-electron chi connectivity index (χ4n) is 0.628. The summed E-state index contributed by atoms with van der Waals surface area (Å²) < 4.78 is 21.2. The summed E-state index contributed by atoms with van der Waals surface area (Å²) in [7, 11) is -3.07. The van der Waals surface area contributed by atoms with Crippen LogP contribution in [0.5, 0.6) is 0 Å². The van der Waals surface area contributed by atoms with Gasteiger partial charge in [-0.05, 0) is 6.92 Å². The summed E-state index contributed by atoms with van der Waals surface area (Å²) in [6.45, 7) is 1.65. The maximum Gasteiger partial charge on any atom is 0.150 e. The van der Waals surface area contributed by atoms with Gasteiger partial charge in [0.1, 0.15) is 9.84 Å². The van der Waals surface area contributed by atoms with Crippen molar-refractivity contribution in [1.29, 1.82) is 0 Å². The molecule has 0 spiro atoms. The zero-order valence-corrected chi connectivity index (χ0v) is 7.48. The lowest BCUT2D eigenvalue weighted by molar-refractivity contribution is 0.203. The lowest BCUT2D eigenvalue weighted by Crippen LogP contribution is -2.18. The molecular formula is C7H12O3S. The van der Waals surface area contributed by atoms with Crippen LogP contribution in [0.25, 0.3) is 0 Å². The van der Waals surface area contributed by atoms with Crippen molar-refractivity contribution >= 4 is 9.84 Å². The summed E-state index contributed by atoms with van der Waals surface area (Å²) in [5, 5.41) is 9.03. The second-order valence-electron chi connectivity index (χ2n) is 2.38. The first-order valence-electron chi connectivity index (χ1n) is 3.21. The van der Waals surface area contributed by atoms with Crippen molar-refractivity contribution in [3.05, 3.63) is 0 Å². The molecule has 64 valence electrons. The molecule has 0 amide bonds. The predicted octanol–water partition coefficient (Wildman–Crippen LogP) is -0.195. The molecule has 3 nitrogen and oxygen atoms in total. The Morgan fingerprint density at radius 1 is 1.55 bits per heavy atom. The molecule has 0 fully saturated rings. The molecule has 0 aromatic carbocycles. The minimum absolute atomic E-state index is 0.207. The van der Waals surface area contributed by atoms with Crippen molar-refractivity contribution in [2.75, 3.05) is 12.0 Å². The van der Waals surface area contributed by atoms with Crippen LogP contribution in [0.4, 0.5) is 0 Å². The molecule has 0 aliphatic carbocycles. The average Bonchev–Trinajstić information content (AvgIpc) is 1.79. The normalized spacial score (nSPS) is 13.4. The molecule has 0 aliphatic rings. The maximum atomic E-state index is 10.6. The fraction of sp³-hybridized carbons (Fsp3) is 0.714. The number of hydrogen-bond donors (Lipinski definition) is 1. The number of hydrogen-bond acceptors (Lipinski definition) is 3. The van der Waals surface area contributed by atoms with E-state index in [9.17, 15) is 8.42 Å². The van der Waals surface area contributed by atoms with Gasteiger partial charge in [-0.1, -0.05) is 0 Å². The molecule has 0 saturated carbocycles. The second-order valence-corrected chi connectivity index (χ2v) is 4.56. The summed E-state index contributed by atoms with van der Waals surface area (Å²) in [5.74, 6) is 4.98. The van der Waals surface area contributed by atoms with Crippen molar-refractivity contribution in [1.82, 2.24) is 0 Å². The van der Waals surface area contributed by atoms with Gasteiger partial charge in [-0.15, -0.1) is 11.8 Å². The Morgan fingerprint density at radius 2 is 2.09 bits per heavy atom. The highest BCUT2D eigenvalue weighted by Gasteiger charge is 2.10. The minimum atomic E-state index is -3.07. The molecular weight excluding hydrogens is 164 g/mol. The van der Waals surface area contributed by atoms with Crippen molar-refractivity contribution in [3.63, 3.8) is 0 Å². The van der Waals surface area contributed by atoms with E-state index in [0.717, 1.165) is 6.26 Å². The summed E-state index contributed by atoms with van der Waals surface area (Å²) in [6.07, 6.45) is 0.469. The van der Waals surface area contributed by atoms with E-state index in [1.807, 2.05) is 0 Å². The van der Waals surface area contributed by atoms with Crippen LogP contribution in [-0.4, -0.2) is 31.6 Å². The summed E-state index contributed by atoms with van der Waals surface area (Å²) in [6, 6.07) is 0. The fourth-order valence-corrected chi connectivity index (χ4v) is 1.45. The van der Waals surface area contributed by atoms with Gasteiger partial charge in [0.2, 0.25) is 0 Å². The first-order valence-corrected chi connectivity index (χ1v) is 5.27. The number of sulfone groups is 1. The van der Waals surface area contributed by atoms with E-state index >= 15 is 0 Å². The molecule has 0 aromatic rings. The van der Waals surface area contributed by atoms with E-state index in [-0.39, 0.29) is 12.2 Å². The Balaban J connectivity index is 3.86. The number of aliphatic hydroxyl groups is 1. The molecule has 1 atom stereocenters. The first kappa shape index (κ1) is 10.5. The minimum Gasteiger partial charge on any atom is -0.391 e. The van der Waals surface area contributed by atoms with Crippen molar-refractivity contribution in [2.24, 2.45) is 0 Å². The van der Waals surface area contributed by atoms with E-state index in [2.05, 4.69) is 11.8 Å². The molecule has 0 aliphatic heterocycles. The molecule has 0 heterocycles. The van der Waals surface area contributed by atoms with Gasteiger partial charge in [0, 0.05) is 12.7 Å². The van der Waals surface area contributed by atoms with Crippen LogP contribution in [0.15, 0.2) is 0 Å². The van der Waals surface area contributed by atoms with Gasteiger partial charge in [0.05, 0.1) is 11.9 Å². The Hall–Kier alpha value is -0.530. The molecule has 0 aromatic heterocycles. The van der Waals surface area contributed by atoms with Gasteiger partial charge in [-0.3, -0.25) is 0 Å². The van der Waals surface area contributed by atoms with Crippen LogP contribution in [0, 0.1) is 11.8 Å². The van der Waals surface area contributed by atoms with Crippen LogP contribution in [0.3, 0.4) is 0 Å². The lowest BCUT2D eigenvalue weighted by Gasteiger charge is -2.03. The smallest absolute Gasteiger partial charge is 0.150 e. The van der Waals surface area contributed by atoms with E-state index in [0.29, 0.717) is 0 Å². The van der Waals surface area contributed by atoms with E-state index in [1.54, 1.807) is 6.92 Å². The highest BCUT2D eigenvalue weighted by atomic mass is 32.2. The van der Waals surface area contributed by atoms with Crippen LogP contribution >= 0.6 is 0 Å². The van der Waals surface area contributed by atoms with Crippen molar-refractivity contribution in [2.45, 2.75) is 19.4 Å². The lowest BCUT2D eigenvalue weighted by atomic mass is 10.3. The Bertz CT molecular complexity index is 255. The Labute approximate surface area is 67.3 Å². The maximum absolute atomic E-state index is 10.6. The summed E-state index contributed by atoms with van der Waals surface area (Å²) in [5.41, 5.74) is 0. The van der Waals surface area contributed by atoms with Crippen molar-refractivity contribution in [3.8, 4) is 11.8 Å². The summed E-state index contributed by atoms with van der Waals surface area (Å²) in [4.78, 5) is 0. The van der Waals surface area contributed by atoms with Gasteiger partial charge in [0.15, 0.2) is 0 Å². The van der Waals surface area contributed by atoms with E-state index < -0.39 is 15.9 Å². The standard InChI is InChI=1S/C7H12O3S/c1-3-4-5-7(8)6-11(2,9)10/h7-8H,5-6H2,1-2H3. The Kier molecular flexibility index (Phi) is 4.16. The third-order valence-electron chi connectivity index (χ3n) is 1.01. The molecule has 1 N–H and O–H groups in total. The third kappa shape index (κ3) is 7.37. The molecule has 0 radical (unpaired) electrons. The van der Waals surface area contributed by atoms with Gasteiger partial charge in [0.25, 0.3) is 0 Å². The predicted molar refractivity (Wildman–Crippen MR) is 43.8 cm³/mol. The van der Waals surface area contributed by atoms with E-state index in [1.165, 1.54) is 0 Å². The quantitative estimate of drug-likeness (QED) is 0.606. The van der Waals surface area contributed by atoms with Gasteiger partial charge in [-0.25, -0.2) is 8.42 Å². The van der Waals surface area contributed by atoms with E-state index in [4.69, 9.17) is 5.11 Å². The second kappa shape index (κ2) is 4.37. The number of aliphatic hydroxyl groups excluding tert-OH is 1. The largest absolute Gasteiger partial charge is 0.391 e. The third-order valence-corrected chi connectivity index (χ3v) is 2.00. The molecule has 11 heavy (non-hydrogen) atoms. The van der Waals surface area contributed by atoms with Crippen LogP contribution in [0.2, 0.25) is 0 Å². The monoisotopic (exact) mass is 176 g/mol. The van der Waals surface area contributed by atoms with Gasteiger partial charge >= 0.3 is 0 Å². The molecule has 4 heteroatoms. The molecule has 0 saturated heterocycles. The topological polar surface area (TPSA) is 54.4 Å². The molecule has 0 rings (SSSR count). The van der Waals surface area contributed by atoms with Crippen molar-refractivity contribution < 1.29 is 13.5 Å². The average molecular weight is 176 g/mol.